The van der Waals surface area contributed by atoms with Crippen molar-refractivity contribution >= 4 is 11.7 Å². The smallest absolute Gasteiger partial charge is 0.253 e. The summed E-state index contributed by atoms with van der Waals surface area (Å²) >= 11 is 0. The summed E-state index contributed by atoms with van der Waals surface area (Å²) in [5, 5.41) is 0. The Bertz CT molecular complexity index is 836. The zero-order chi connectivity index (χ0) is 19.0. The van der Waals surface area contributed by atoms with Gasteiger partial charge in [-0.15, -0.1) is 0 Å². The quantitative estimate of drug-likeness (QED) is 0.836. The summed E-state index contributed by atoms with van der Waals surface area (Å²) in [6, 6.07) is 10.8. The number of carbonyl (C=O) groups is 1. The molecule has 27 heavy (non-hydrogen) atoms. The Kier molecular flexibility index (Phi) is 4.87. The zero-order valence-electron chi connectivity index (χ0n) is 16.5. The lowest BCUT2D eigenvalue weighted by Crippen LogP contribution is -2.47. The Balaban J connectivity index is 1.52. The van der Waals surface area contributed by atoms with Crippen LogP contribution < -0.4 is 4.90 Å². The number of anilines is 1. The third kappa shape index (κ3) is 3.83. The Labute approximate surface area is 161 Å². The molecule has 1 aliphatic carbocycles. The van der Waals surface area contributed by atoms with Crippen LogP contribution in [0.5, 0.6) is 0 Å². The second kappa shape index (κ2) is 7.31. The second-order valence-corrected chi connectivity index (χ2v) is 7.89. The number of benzene rings is 1. The average molecular weight is 364 g/mol. The molecule has 2 fully saturated rings. The molecule has 4 rings (SSSR count). The van der Waals surface area contributed by atoms with Gasteiger partial charge in [-0.2, -0.15) is 0 Å². The molecule has 1 saturated heterocycles. The summed E-state index contributed by atoms with van der Waals surface area (Å²) in [4.78, 5) is 23.6. The van der Waals surface area contributed by atoms with Gasteiger partial charge in [-0.3, -0.25) is 9.69 Å². The minimum Gasteiger partial charge on any atom is -0.354 e. The number of piperazine rings is 1. The SMILES string of the molecule is Cc1cc(N2CCN(C3CC3)CC2)ncc1-c1cccc(C(=O)N(C)C)c1. The summed E-state index contributed by atoms with van der Waals surface area (Å²) in [5.74, 6) is 1.08. The van der Waals surface area contributed by atoms with Crippen LogP contribution in [0.25, 0.3) is 11.1 Å². The van der Waals surface area contributed by atoms with Crippen LogP contribution in [-0.4, -0.2) is 67.0 Å². The molecule has 2 aliphatic rings. The van der Waals surface area contributed by atoms with Gasteiger partial charge >= 0.3 is 0 Å². The lowest BCUT2D eigenvalue weighted by molar-refractivity contribution is 0.0827. The first-order valence-electron chi connectivity index (χ1n) is 9.80. The summed E-state index contributed by atoms with van der Waals surface area (Å²) < 4.78 is 0. The van der Waals surface area contributed by atoms with Gasteiger partial charge < -0.3 is 9.80 Å². The Morgan fingerprint density at radius 1 is 1.11 bits per heavy atom. The Morgan fingerprint density at radius 2 is 1.85 bits per heavy atom. The highest BCUT2D eigenvalue weighted by atomic mass is 16.2. The molecule has 1 aromatic carbocycles. The number of nitrogens with zero attached hydrogens (tertiary/aromatic N) is 4. The highest BCUT2D eigenvalue weighted by Gasteiger charge is 2.31. The fraction of sp³-hybridized carbons (Fsp3) is 0.455. The predicted octanol–water partition coefficient (Wildman–Crippen LogP) is 3.04. The summed E-state index contributed by atoms with van der Waals surface area (Å²) in [7, 11) is 3.55. The van der Waals surface area contributed by atoms with Gasteiger partial charge in [0, 0.05) is 63.6 Å². The molecule has 5 heteroatoms. The first-order valence-corrected chi connectivity index (χ1v) is 9.80. The van der Waals surface area contributed by atoms with Crippen molar-refractivity contribution in [1.82, 2.24) is 14.8 Å². The van der Waals surface area contributed by atoms with Crippen molar-refractivity contribution in [2.45, 2.75) is 25.8 Å². The number of rotatable bonds is 4. The molecule has 2 aromatic rings. The van der Waals surface area contributed by atoms with Crippen LogP contribution in [0.3, 0.4) is 0 Å². The zero-order valence-corrected chi connectivity index (χ0v) is 16.5. The molecule has 2 heterocycles. The highest BCUT2D eigenvalue weighted by molar-refractivity contribution is 5.95. The lowest BCUT2D eigenvalue weighted by Gasteiger charge is -2.35. The molecule has 0 bridgehead atoms. The Morgan fingerprint density at radius 3 is 2.48 bits per heavy atom. The van der Waals surface area contributed by atoms with Crippen molar-refractivity contribution in [2.24, 2.45) is 0 Å². The fourth-order valence-electron chi connectivity index (χ4n) is 3.85. The maximum absolute atomic E-state index is 12.3. The van der Waals surface area contributed by atoms with E-state index >= 15 is 0 Å². The molecule has 1 aromatic heterocycles. The van der Waals surface area contributed by atoms with Gasteiger partial charge in [0.1, 0.15) is 5.82 Å². The molecular formula is C22H28N4O. The van der Waals surface area contributed by atoms with Gasteiger partial charge in [0.15, 0.2) is 0 Å². The van der Waals surface area contributed by atoms with Crippen LogP contribution in [-0.2, 0) is 0 Å². The summed E-state index contributed by atoms with van der Waals surface area (Å²) in [6.07, 6.45) is 4.71. The topological polar surface area (TPSA) is 39.7 Å². The molecule has 0 atom stereocenters. The van der Waals surface area contributed by atoms with E-state index in [9.17, 15) is 4.79 Å². The second-order valence-electron chi connectivity index (χ2n) is 7.89. The largest absolute Gasteiger partial charge is 0.354 e. The van der Waals surface area contributed by atoms with Crippen molar-refractivity contribution in [2.75, 3.05) is 45.2 Å². The van der Waals surface area contributed by atoms with Gasteiger partial charge in [0.2, 0.25) is 0 Å². The first-order chi connectivity index (χ1) is 13.0. The molecule has 5 nitrogen and oxygen atoms in total. The van der Waals surface area contributed by atoms with Gasteiger partial charge in [0.25, 0.3) is 5.91 Å². The fourth-order valence-corrected chi connectivity index (χ4v) is 3.85. The number of pyridine rings is 1. The van der Waals surface area contributed by atoms with E-state index in [-0.39, 0.29) is 5.91 Å². The van der Waals surface area contributed by atoms with Crippen molar-refractivity contribution < 1.29 is 4.79 Å². The van der Waals surface area contributed by atoms with Gasteiger partial charge in [-0.1, -0.05) is 12.1 Å². The summed E-state index contributed by atoms with van der Waals surface area (Å²) in [6.45, 7) is 6.51. The van der Waals surface area contributed by atoms with Crippen LogP contribution in [0.4, 0.5) is 5.82 Å². The predicted molar refractivity (Wildman–Crippen MR) is 109 cm³/mol. The number of aromatic nitrogens is 1. The molecule has 0 spiro atoms. The van der Waals surface area contributed by atoms with Crippen molar-refractivity contribution in [1.29, 1.82) is 0 Å². The van der Waals surface area contributed by atoms with Crippen LogP contribution in [0.2, 0.25) is 0 Å². The van der Waals surface area contributed by atoms with Crippen LogP contribution in [0.1, 0.15) is 28.8 Å². The Hall–Kier alpha value is -2.40. The van der Waals surface area contributed by atoms with Gasteiger partial charge in [0.05, 0.1) is 0 Å². The van der Waals surface area contributed by atoms with E-state index in [4.69, 9.17) is 4.98 Å². The molecule has 1 amide bonds. The highest BCUT2D eigenvalue weighted by Crippen LogP contribution is 2.30. The molecule has 1 saturated carbocycles. The molecule has 0 N–H and O–H groups in total. The van der Waals surface area contributed by atoms with E-state index in [1.54, 1.807) is 19.0 Å². The monoisotopic (exact) mass is 364 g/mol. The maximum Gasteiger partial charge on any atom is 0.253 e. The van der Waals surface area contributed by atoms with Crippen LogP contribution in [0.15, 0.2) is 36.5 Å². The molecule has 0 radical (unpaired) electrons. The number of aryl methyl sites for hydroxylation is 1. The van der Waals surface area contributed by atoms with Crippen LogP contribution >= 0.6 is 0 Å². The van der Waals surface area contributed by atoms with E-state index in [0.29, 0.717) is 5.56 Å². The van der Waals surface area contributed by atoms with Crippen molar-refractivity contribution in [3.05, 3.63) is 47.7 Å². The lowest BCUT2D eigenvalue weighted by atomic mass is 10.0. The minimum absolute atomic E-state index is 0.0209. The van der Waals surface area contributed by atoms with Gasteiger partial charge in [-0.25, -0.2) is 4.98 Å². The minimum atomic E-state index is 0.0209. The number of amides is 1. The normalized spacial score (nSPS) is 17.8. The number of carbonyl (C=O) groups excluding carboxylic acids is 1. The molecule has 1 aliphatic heterocycles. The van der Waals surface area contributed by atoms with Gasteiger partial charge in [-0.05, 0) is 49.1 Å². The van der Waals surface area contributed by atoms with Crippen LogP contribution in [0, 0.1) is 6.92 Å². The van der Waals surface area contributed by atoms with E-state index in [0.717, 1.165) is 49.2 Å². The molecule has 142 valence electrons. The maximum atomic E-state index is 12.3. The first kappa shape index (κ1) is 18.0. The van der Waals surface area contributed by atoms with E-state index in [2.05, 4.69) is 22.8 Å². The van der Waals surface area contributed by atoms with E-state index in [1.807, 2.05) is 30.5 Å². The van der Waals surface area contributed by atoms with Crippen molar-refractivity contribution in [3.8, 4) is 11.1 Å². The third-order valence-corrected chi connectivity index (χ3v) is 5.62. The number of hydrogen-bond donors (Lipinski definition) is 0. The van der Waals surface area contributed by atoms with E-state index < -0.39 is 0 Å². The number of hydrogen-bond acceptors (Lipinski definition) is 4. The third-order valence-electron chi connectivity index (χ3n) is 5.62. The van der Waals surface area contributed by atoms with Crippen molar-refractivity contribution in [3.63, 3.8) is 0 Å². The standard InChI is InChI=1S/C22H28N4O/c1-16-13-21(26-11-9-25(10-12-26)19-7-8-19)23-15-20(16)17-5-4-6-18(14-17)22(27)24(2)3/h4-6,13-15,19H,7-12H2,1-3H3. The summed E-state index contributed by atoms with van der Waals surface area (Å²) in [5.41, 5.74) is 4.03. The molecule has 0 unspecified atom stereocenters. The molecular weight excluding hydrogens is 336 g/mol. The van der Waals surface area contributed by atoms with E-state index in [1.165, 1.54) is 18.4 Å². The average Bonchev–Trinajstić information content (AvgIpc) is 3.53.